The van der Waals surface area contributed by atoms with Crippen LogP contribution in [0.15, 0.2) is 75.9 Å². The zero-order valence-corrected chi connectivity index (χ0v) is 16.2. The van der Waals surface area contributed by atoms with Gasteiger partial charge in [-0.25, -0.2) is 9.97 Å². The molecule has 0 aliphatic rings. The minimum Gasteiger partial charge on any atom is -0.325 e. The van der Waals surface area contributed by atoms with Gasteiger partial charge in [-0.05, 0) is 61.4 Å². The summed E-state index contributed by atoms with van der Waals surface area (Å²) in [5.41, 5.74) is 3.30. The first-order valence-electron chi connectivity index (χ1n) is 8.15. The van der Waals surface area contributed by atoms with E-state index >= 15 is 0 Å². The third kappa shape index (κ3) is 5.34. The maximum Gasteiger partial charge on any atom is 0.234 e. The van der Waals surface area contributed by atoms with Crippen LogP contribution in [0.1, 0.15) is 11.1 Å². The van der Waals surface area contributed by atoms with E-state index in [9.17, 15) is 4.79 Å². The Morgan fingerprint density at radius 3 is 2.50 bits per heavy atom. The van der Waals surface area contributed by atoms with Gasteiger partial charge in [0.05, 0.1) is 5.75 Å². The molecule has 1 heterocycles. The van der Waals surface area contributed by atoms with Crippen LogP contribution in [0.2, 0.25) is 0 Å². The number of anilines is 1. The van der Waals surface area contributed by atoms with Crippen molar-refractivity contribution in [2.45, 2.75) is 28.8 Å². The summed E-state index contributed by atoms with van der Waals surface area (Å²) >= 11 is 3.05. The molecule has 0 saturated carbocycles. The van der Waals surface area contributed by atoms with Gasteiger partial charge in [-0.1, -0.05) is 35.7 Å². The molecule has 1 N–H and O–H groups in total. The lowest BCUT2D eigenvalue weighted by Gasteiger charge is -2.08. The number of nitrogens with one attached hydrogen (secondary N) is 1. The second kappa shape index (κ2) is 8.87. The summed E-state index contributed by atoms with van der Waals surface area (Å²) in [5, 5.41) is 3.50. The van der Waals surface area contributed by atoms with Crippen LogP contribution in [-0.2, 0) is 4.79 Å². The Kier molecular flexibility index (Phi) is 6.30. The van der Waals surface area contributed by atoms with Crippen LogP contribution in [0.3, 0.4) is 0 Å². The summed E-state index contributed by atoms with van der Waals surface area (Å²) in [6.07, 6.45) is 3.33. The molecule has 0 saturated heterocycles. The summed E-state index contributed by atoms with van der Waals surface area (Å²) < 4.78 is 0. The molecule has 0 aliphatic carbocycles. The van der Waals surface area contributed by atoms with Crippen molar-refractivity contribution in [1.82, 2.24) is 9.97 Å². The van der Waals surface area contributed by atoms with Crippen LogP contribution in [0.4, 0.5) is 5.69 Å². The summed E-state index contributed by atoms with van der Waals surface area (Å²) in [7, 11) is 0. The quantitative estimate of drug-likeness (QED) is 0.482. The molecule has 0 bridgehead atoms. The number of amides is 1. The Morgan fingerprint density at radius 1 is 1.04 bits per heavy atom. The molecule has 1 amide bonds. The highest BCUT2D eigenvalue weighted by atomic mass is 32.2. The molecular weight excluding hydrogens is 362 g/mol. The summed E-state index contributed by atoms with van der Waals surface area (Å²) in [5.74, 6) is 0.209. The number of benzene rings is 2. The Hall–Kier alpha value is -2.31. The molecule has 132 valence electrons. The second-order valence-corrected chi connectivity index (χ2v) is 7.82. The SMILES string of the molecule is Cc1ccc(C)c(Sc2ccc(NC(=O)CSc3ncccn3)cc2)c1. The number of nitrogens with zero attached hydrogens (tertiary/aromatic N) is 2. The van der Waals surface area contributed by atoms with Crippen LogP contribution in [0, 0.1) is 13.8 Å². The highest BCUT2D eigenvalue weighted by molar-refractivity contribution is 7.99. The third-order valence-corrected chi connectivity index (χ3v) is 5.63. The Labute approximate surface area is 161 Å². The van der Waals surface area contributed by atoms with Gasteiger partial charge in [0.1, 0.15) is 0 Å². The number of carbonyl (C=O) groups excluding carboxylic acids is 1. The summed E-state index contributed by atoms with van der Waals surface area (Å²) in [6, 6.07) is 16.1. The molecule has 0 unspecified atom stereocenters. The lowest BCUT2D eigenvalue weighted by molar-refractivity contribution is -0.113. The van der Waals surface area contributed by atoms with Crippen molar-refractivity contribution in [2.75, 3.05) is 11.1 Å². The first-order chi connectivity index (χ1) is 12.6. The van der Waals surface area contributed by atoms with E-state index < -0.39 is 0 Å². The predicted octanol–water partition coefficient (Wildman–Crippen LogP) is 4.98. The van der Waals surface area contributed by atoms with Gasteiger partial charge in [0.2, 0.25) is 5.91 Å². The van der Waals surface area contributed by atoms with Crippen LogP contribution < -0.4 is 5.32 Å². The molecule has 0 fully saturated rings. The van der Waals surface area contributed by atoms with Gasteiger partial charge in [0, 0.05) is 27.9 Å². The van der Waals surface area contributed by atoms with E-state index in [0.29, 0.717) is 5.16 Å². The summed E-state index contributed by atoms with van der Waals surface area (Å²) in [4.78, 5) is 22.6. The van der Waals surface area contributed by atoms with Gasteiger partial charge < -0.3 is 5.32 Å². The molecule has 3 aromatic rings. The molecule has 0 atom stereocenters. The zero-order valence-electron chi connectivity index (χ0n) is 14.6. The first kappa shape index (κ1) is 18.5. The number of rotatable bonds is 6. The van der Waals surface area contributed by atoms with Crippen molar-refractivity contribution >= 4 is 35.1 Å². The first-order valence-corrected chi connectivity index (χ1v) is 9.95. The van der Waals surface area contributed by atoms with E-state index in [-0.39, 0.29) is 11.7 Å². The maximum absolute atomic E-state index is 12.1. The molecule has 6 heteroatoms. The molecule has 0 aliphatic heterocycles. The smallest absolute Gasteiger partial charge is 0.234 e. The fraction of sp³-hybridized carbons (Fsp3) is 0.150. The number of thioether (sulfide) groups is 1. The minimum absolute atomic E-state index is 0.0719. The molecule has 1 aromatic heterocycles. The van der Waals surface area contributed by atoms with Gasteiger partial charge >= 0.3 is 0 Å². The van der Waals surface area contributed by atoms with Gasteiger partial charge in [-0.2, -0.15) is 0 Å². The van der Waals surface area contributed by atoms with Crippen LogP contribution in [-0.4, -0.2) is 21.6 Å². The zero-order chi connectivity index (χ0) is 18.4. The highest BCUT2D eigenvalue weighted by Crippen LogP contribution is 2.31. The summed E-state index contributed by atoms with van der Waals surface area (Å²) in [6.45, 7) is 4.21. The fourth-order valence-corrected chi connectivity index (χ4v) is 3.84. The fourth-order valence-electron chi connectivity index (χ4n) is 2.24. The molecule has 3 rings (SSSR count). The second-order valence-electron chi connectivity index (χ2n) is 5.76. The minimum atomic E-state index is -0.0719. The molecule has 2 aromatic carbocycles. The van der Waals surface area contributed by atoms with Crippen molar-refractivity contribution in [2.24, 2.45) is 0 Å². The number of aromatic nitrogens is 2. The highest BCUT2D eigenvalue weighted by Gasteiger charge is 2.06. The van der Waals surface area contributed by atoms with Gasteiger partial charge in [-0.3, -0.25) is 4.79 Å². The maximum atomic E-state index is 12.1. The average Bonchev–Trinajstić information content (AvgIpc) is 2.65. The van der Waals surface area contributed by atoms with Crippen molar-refractivity contribution in [3.05, 3.63) is 72.1 Å². The largest absolute Gasteiger partial charge is 0.325 e. The molecular formula is C20H19N3OS2. The number of carbonyl (C=O) groups is 1. The van der Waals surface area contributed by atoms with Crippen molar-refractivity contribution in [3.63, 3.8) is 0 Å². The van der Waals surface area contributed by atoms with Crippen molar-refractivity contribution < 1.29 is 4.79 Å². The van der Waals surface area contributed by atoms with E-state index in [0.717, 1.165) is 10.6 Å². The Bertz CT molecular complexity index is 883. The average molecular weight is 382 g/mol. The monoisotopic (exact) mass is 381 g/mol. The van der Waals surface area contributed by atoms with Crippen LogP contribution >= 0.6 is 23.5 Å². The van der Waals surface area contributed by atoms with Gasteiger partial charge in [0.25, 0.3) is 0 Å². The van der Waals surface area contributed by atoms with E-state index in [4.69, 9.17) is 0 Å². The Morgan fingerprint density at radius 2 is 1.77 bits per heavy atom. The van der Waals surface area contributed by atoms with Crippen LogP contribution in [0.5, 0.6) is 0 Å². The van der Waals surface area contributed by atoms with Crippen LogP contribution in [0.25, 0.3) is 0 Å². The lowest BCUT2D eigenvalue weighted by Crippen LogP contribution is -2.14. The van der Waals surface area contributed by atoms with E-state index in [2.05, 4.69) is 47.3 Å². The Balaban J connectivity index is 1.55. The topological polar surface area (TPSA) is 54.9 Å². The van der Waals surface area contributed by atoms with E-state index in [1.54, 1.807) is 30.2 Å². The molecule has 0 spiro atoms. The van der Waals surface area contributed by atoms with Gasteiger partial charge in [-0.15, -0.1) is 0 Å². The molecule has 0 radical (unpaired) electrons. The lowest BCUT2D eigenvalue weighted by atomic mass is 10.2. The standard InChI is InChI=1S/C20H19N3OS2/c1-14-4-5-15(2)18(12-14)26-17-8-6-16(7-9-17)23-19(24)13-25-20-21-10-3-11-22-20/h3-12H,13H2,1-2H3,(H,23,24). The molecule has 26 heavy (non-hydrogen) atoms. The van der Waals surface area contributed by atoms with E-state index in [1.807, 2.05) is 24.3 Å². The number of aryl methyl sites for hydroxylation is 2. The molecule has 4 nitrogen and oxygen atoms in total. The van der Waals surface area contributed by atoms with Crippen molar-refractivity contribution in [1.29, 1.82) is 0 Å². The number of hydrogen-bond acceptors (Lipinski definition) is 5. The number of hydrogen-bond donors (Lipinski definition) is 1. The van der Waals surface area contributed by atoms with Gasteiger partial charge in [0.15, 0.2) is 5.16 Å². The van der Waals surface area contributed by atoms with Crippen molar-refractivity contribution in [3.8, 4) is 0 Å². The normalized spacial score (nSPS) is 10.5. The van der Waals surface area contributed by atoms with E-state index in [1.165, 1.54) is 27.8 Å². The third-order valence-electron chi connectivity index (χ3n) is 3.58. The predicted molar refractivity (Wildman–Crippen MR) is 108 cm³/mol.